The number of hydrogen-bond donors (Lipinski definition) is 1. The standard InChI is InChI=1S/C21H21BrN4O2/c1-14-12-15(2)26(24-14)17-10-8-16(9-11-17)21(28)25(3)13-20(27)23-19-7-5-4-6-18(19)22/h4-12H,13H2,1-3H3,(H,23,27). The second-order valence-electron chi connectivity index (χ2n) is 6.58. The van der Waals surface area contributed by atoms with Crippen LogP contribution in [0, 0.1) is 13.8 Å². The molecule has 0 unspecified atom stereocenters. The van der Waals surface area contributed by atoms with Crippen molar-refractivity contribution in [3.05, 3.63) is 76.0 Å². The van der Waals surface area contributed by atoms with Gasteiger partial charge in [-0.25, -0.2) is 4.68 Å². The Kier molecular flexibility index (Phi) is 5.94. The van der Waals surface area contributed by atoms with E-state index in [1.165, 1.54) is 4.90 Å². The number of aromatic nitrogens is 2. The number of halogens is 1. The first kappa shape index (κ1) is 19.8. The number of hydrogen-bond acceptors (Lipinski definition) is 3. The maximum Gasteiger partial charge on any atom is 0.254 e. The highest BCUT2D eigenvalue weighted by Gasteiger charge is 2.16. The third kappa shape index (κ3) is 4.48. The number of benzene rings is 2. The van der Waals surface area contributed by atoms with Crippen molar-refractivity contribution in [1.82, 2.24) is 14.7 Å². The van der Waals surface area contributed by atoms with E-state index in [2.05, 4.69) is 26.3 Å². The molecular formula is C21H21BrN4O2. The average molecular weight is 441 g/mol. The Morgan fingerprint density at radius 2 is 1.79 bits per heavy atom. The maximum absolute atomic E-state index is 12.6. The van der Waals surface area contributed by atoms with Crippen molar-refractivity contribution < 1.29 is 9.59 Å². The second-order valence-corrected chi connectivity index (χ2v) is 7.43. The van der Waals surface area contributed by atoms with Gasteiger partial charge in [0.2, 0.25) is 5.91 Å². The van der Waals surface area contributed by atoms with Crippen LogP contribution in [0.15, 0.2) is 59.1 Å². The molecule has 28 heavy (non-hydrogen) atoms. The number of nitrogens with zero attached hydrogens (tertiary/aromatic N) is 3. The summed E-state index contributed by atoms with van der Waals surface area (Å²) in [6, 6.07) is 16.5. The molecule has 0 fully saturated rings. The minimum atomic E-state index is -0.262. The molecule has 1 N–H and O–H groups in total. The molecule has 6 nitrogen and oxygen atoms in total. The Hall–Kier alpha value is -2.93. The van der Waals surface area contributed by atoms with Crippen LogP contribution in [0.3, 0.4) is 0 Å². The van der Waals surface area contributed by atoms with Gasteiger partial charge in [0, 0.05) is 22.8 Å². The lowest BCUT2D eigenvalue weighted by Gasteiger charge is -2.17. The van der Waals surface area contributed by atoms with Crippen LogP contribution in [0.25, 0.3) is 5.69 Å². The van der Waals surface area contributed by atoms with Crippen molar-refractivity contribution in [2.75, 3.05) is 18.9 Å². The van der Waals surface area contributed by atoms with Gasteiger partial charge in [-0.15, -0.1) is 0 Å². The van der Waals surface area contributed by atoms with E-state index in [1.807, 2.05) is 54.9 Å². The quantitative estimate of drug-likeness (QED) is 0.652. The van der Waals surface area contributed by atoms with Gasteiger partial charge in [-0.2, -0.15) is 5.10 Å². The first-order valence-electron chi connectivity index (χ1n) is 8.78. The number of carbonyl (C=O) groups excluding carboxylic acids is 2. The van der Waals surface area contributed by atoms with Crippen LogP contribution in [0.1, 0.15) is 21.7 Å². The predicted molar refractivity (Wildman–Crippen MR) is 113 cm³/mol. The summed E-state index contributed by atoms with van der Waals surface area (Å²) in [7, 11) is 1.61. The Labute approximate surface area is 172 Å². The van der Waals surface area contributed by atoms with Crippen molar-refractivity contribution in [2.24, 2.45) is 0 Å². The van der Waals surface area contributed by atoms with Crippen molar-refractivity contribution in [3.63, 3.8) is 0 Å². The van der Waals surface area contributed by atoms with Gasteiger partial charge >= 0.3 is 0 Å². The molecular weight excluding hydrogens is 420 g/mol. The molecule has 3 rings (SSSR count). The zero-order valence-corrected chi connectivity index (χ0v) is 17.5. The van der Waals surface area contributed by atoms with Crippen molar-refractivity contribution in [2.45, 2.75) is 13.8 Å². The number of para-hydroxylation sites is 1. The maximum atomic E-state index is 12.6. The summed E-state index contributed by atoms with van der Waals surface area (Å²) in [5.41, 5.74) is 4.03. The monoisotopic (exact) mass is 440 g/mol. The molecule has 0 spiro atoms. The first-order valence-corrected chi connectivity index (χ1v) is 9.58. The van der Waals surface area contributed by atoms with Gasteiger partial charge in [-0.3, -0.25) is 9.59 Å². The summed E-state index contributed by atoms with van der Waals surface area (Å²) in [5, 5.41) is 7.24. The normalized spacial score (nSPS) is 10.6. The summed E-state index contributed by atoms with van der Waals surface area (Å²) in [6.45, 7) is 3.88. The molecule has 1 heterocycles. The highest BCUT2D eigenvalue weighted by molar-refractivity contribution is 9.10. The molecule has 0 saturated heterocycles. The third-order valence-corrected chi connectivity index (χ3v) is 4.94. The van der Waals surface area contributed by atoms with Crippen LogP contribution in [0.4, 0.5) is 5.69 Å². The third-order valence-electron chi connectivity index (χ3n) is 4.24. The van der Waals surface area contributed by atoms with Gasteiger partial charge in [-0.05, 0) is 72.2 Å². The molecule has 2 amide bonds. The smallest absolute Gasteiger partial charge is 0.254 e. The molecule has 0 aliphatic heterocycles. The van der Waals surface area contributed by atoms with Crippen LogP contribution < -0.4 is 5.32 Å². The summed E-state index contributed by atoms with van der Waals surface area (Å²) in [6.07, 6.45) is 0. The fraction of sp³-hybridized carbons (Fsp3) is 0.190. The molecule has 2 aromatic carbocycles. The topological polar surface area (TPSA) is 67.2 Å². The van der Waals surface area contributed by atoms with Crippen LogP contribution >= 0.6 is 15.9 Å². The van der Waals surface area contributed by atoms with Crippen LogP contribution in [-0.4, -0.2) is 40.1 Å². The number of aryl methyl sites for hydroxylation is 2. The highest BCUT2D eigenvalue weighted by atomic mass is 79.9. The minimum absolute atomic E-state index is 0.0423. The van der Waals surface area contributed by atoms with E-state index < -0.39 is 0 Å². The number of likely N-dealkylation sites (N-methyl/N-ethyl adjacent to an activating group) is 1. The van der Waals surface area contributed by atoms with Crippen molar-refractivity contribution >= 4 is 33.4 Å². The highest BCUT2D eigenvalue weighted by Crippen LogP contribution is 2.21. The number of amides is 2. The molecule has 0 atom stereocenters. The summed E-state index contributed by atoms with van der Waals surface area (Å²) < 4.78 is 2.62. The lowest BCUT2D eigenvalue weighted by molar-refractivity contribution is -0.116. The first-order chi connectivity index (χ1) is 13.3. The van der Waals surface area contributed by atoms with Gasteiger partial charge in [0.25, 0.3) is 5.91 Å². The van der Waals surface area contributed by atoms with Crippen molar-refractivity contribution in [1.29, 1.82) is 0 Å². The summed E-state index contributed by atoms with van der Waals surface area (Å²) in [4.78, 5) is 26.3. The SMILES string of the molecule is Cc1cc(C)n(-c2ccc(C(=O)N(C)CC(=O)Nc3ccccc3Br)cc2)n1. The molecule has 0 bridgehead atoms. The van der Waals surface area contributed by atoms with Gasteiger partial charge in [0.1, 0.15) is 0 Å². The van der Waals surface area contributed by atoms with E-state index >= 15 is 0 Å². The Morgan fingerprint density at radius 3 is 2.39 bits per heavy atom. The Morgan fingerprint density at radius 1 is 1.11 bits per heavy atom. The lowest BCUT2D eigenvalue weighted by atomic mass is 10.2. The number of nitrogens with one attached hydrogen (secondary N) is 1. The van der Waals surface area contributed by atoms with E-state index in [4.69, 9.17) is 0 Å². The Balaban J connectivity index is 1.65. The van der Waals surface area contributed by atoms with Gasteiger partial charge in [0.15, 0.2) is 0 Å². The van der Waals surface area contributed by atoms with Crippen molar-refractivity contribution in [3.8, 4) is 5.69 Å². The number of anilines is 1. The molecule has 0 aliphatic rings. The molecule has 3 aromatic rings. The zero-order valence-electron chi connectivity index (χ0n) is 15.9. The van der Waals surface area contributed by atoms with Gasteiger partial charge in [-0.1, -0.05) is 12.1 Å². The van der Waals surface area contributed by atoms with E-state index in [-0.39, 0.29) is 18.4 Å². The van der Waals surface area contributed by atoms with Crippen LogP contribution in [0.5, 0.6) is 0 Å². The average Bonchev–Trinajstić information content (AvgIpc) is 3.01. The number of carbonyl (C=O) groups is 2. The molecule has 7 heteroatoms. The lowest BCUT2D eigenvalue weighted by Crippen LogP contribution is -2.35. The molecule has 0 saturated carbocycles. The number of rotatable bonds is 5. The minimum Gasteiger partial charge on any atom is -0.332 e. The second kappa shape index (κ2) is 8.39. The van der Waals surface area contributed by atoms with Crippen LogP contribution in [-0.2, 0) is 4.79 Å². The largest absolute Gasteiger partial charge is 0.332 e. The summed E-state index contributed by atoms with van der Waals surface area (Å²) in [5.74, 6) is -0.482. The zero-order chi connectivity index (χ0) is 20.3. The van der Waals surface area contributed by atoms with E-state index in [9.17, 15) is 9.59 Å². The fourth-order valence-electron chi connectivity index (χ4n) is 2.90. The van der Waals surface area contributed by atoms with E-state index in [1.54, 1.807) is 25.2 Å². The fourth-order valence-corrected chi connectivity index (χ4v) is 3.28. The van der Waals surface area contributed by atoms with Gasteiger partial charge < -0.3 is 10.2 Å². The predicted octanol–water partition coefficient (Wildman–Crippen LogP) is 3.96. The molecule has 0 aliphatic carbocycles. The molecule has 0 radical (unpaired) electrons. The summed E-state index contributed by atoms with van der Waals surface area (Å²) >= 11 is 3.39. The van der Waals surface area contributed by atoms with E-state index in [0.717, 1.165) is 21.5 Å². The van der Waals surface area contributed by atoms with Crippen LogP contribution in [0.2, 0.25) is 0 Å². The molecule has 144 valence electrons. The van der Waals surface area contributed by atoms with E-state index in [0.29, 0.717) is 11.3 Å². The van der Waals surface area contributed by atoms with Gasteiger partial charge in [0.05, 0.1) is 23.6 Å². The molecule has 1 aromatic heterocycles. The Bertz CT molecular complexity index is 1010.